The minimum atomic E-state index is -4.93. The van der Waals surface area contributed by atoms with E-state index >= 15 is 0 Å². The molecule has 3 heterocycles. The fraction of sp³-hybridized carbons (Fsp3) is 0.423. The molecule has 0 radical (unpaired) electrons. The molecule has 38 heavy (non-hydrogen) atoms. The van der Waals surface area contributed by atoms with Gasteiger partial charge in [-0.2, -0.15) is 13.2 Å². The fourth-order valence-corrected chi connectivity index (χ4v) is 6.26. The summed E-state index contributed by atoms with van der Waals surface area (Å²) in [5.74, 6) is -0.657. The van der Waals surface area contributed by atoms with Gasteiger partial charge in [0.25, 0.3) is 0 Å². The fourth-order valence-electron chi connectivity index (χ4n) is 4.50. The minimum Gasteiger partial charge on any atom is -0.497 e. The highest BCUT2D eigenvalue weighted by molar-refractivity contribution is 7.91. The molecule has 0 bridgehead atoms. The number of nitrogens with zero attached hydrogens (tertiary/aromatic N) is 1. The standard InChI is InChI=1S/C23H20F3NO6S.C3H8O/c1-31-15-4-2-13(3-5-15)19-20(28)16-6-7-18-17(21(16)33-22(19)23(24,25)26)10-27(12-32-18)14-8-9-34(29,30)11-14;1-3(2)4/h2-7,14H,8-12H2,1H3;3-4H,1-2H3. The quantitative estimate of drug-likeness (QED) is 0.512. The number of hydrogen-bond donors (Lipinski definition) is 1. The van der Waals surface area contributed by atoms with E-state index in [1.165, 1.54) is 43.5 Å². The lowest BCUT2D eigenvalue weighted by atomic mass is 9.99. The second-order valence-corrected chi connectivity index (χ2v) is 11.7. The largest absolute Gasteiger partial charge is 0.497 e. The van der Waals surface area contributed by atoms with Gasteiger partial charge in [-0.1, -0.05) is 12.1 Å². The number of hydrogen-bond acceptors (Lipinski definition) is 8. The van der Waals surface area contributed by atoms with E-state index in [0.717, 1.165) is 0 Å². The van der Waals surface area contributed by atoms with Crippen LogP contribution < -0.4 is 14.9 Å². The molecule has 0 saturated carbocycles. The molecule has 1 saturated heterocycles. The van der Waals surface area contributed by atoms with Crippen LogP contribution in [0.25, 0.3) is 22.1 Å². The first-order chi connectivity index (χ1) is 17.8. The predicted molar refractivity (Wildman–Crippen MR) is 135 cm³/mol. The smallest absolute Gasteiger partial charge is 0.450 e. The molecule has 0 amide bonds. The van der Waals surface area contributed by atoms with Crippen molar-refractivity contribution in [3.63, 3.8) is 0 Å². The Morgan fingerprint density at radius 2 is 1.79 bits per heavy atom. The third-order valence-electron chi connectivity index (χ3n) is 6.23. The third-order valence-corrected chi connectivity index (χ3v) is 7.98. The SMILES string of the molecule is CC(C)O.COc1ccc(-c2c(C(F)(F)F)oc3c4c(ccc3c2=O)OCN(C2CCS(=O)(=O)C2)C4)cc1. The molecular weight excluding hydrogens is 527 g/mol. The summed E-state index contributed by atoms with van der Waals surface area (Å²) in [5.41, 5.74) is -1.27. The van der Waals surface area contributed by atoms with Crippen LogP contribution in [0.5, 0.6) is 11.5 Å². The van der Waals surface area contributed by atoms with Crippen LogP contribution in [0.1, 0.15) is 31.6 Å². The van der Waals surface area contributed by atoms with Crippen LogP contribution in [0.2, 0.25) is 0 Å². The highest BCUT2D eigenvalue weighted by atomic mass is 32.2. The van der Waals surface area contributed by atoms with Crippen LogP contribution in [0, 0.1) is 0 Å². The Kier molecular flexibility index (Phi) is 7.78. The van der Waals surface area contributed by atoms with Gasteiger partial charge in [0.2, 0.25) is 11.2 Å². The third kappa shape index (κ3) is 5.82. The van der Waals surface area contributed by atoms with Crippen LogP contribution in [0.4, 0.5) is 13.2 Å². The summed E-state index contributed by atoms with van der Waals surface area (Å²) in [6.07, 6.45) is -4.69. The Labute approximate surface area is 217 Å². The molecule has 5 rings (SSSR count). The topological polar surface area (TPSA) is 106 Å². The lowest BCUT2D eigenvalue weighted by Gasteiger charge is -2.33. The number of ether oxygens (including phenoxy) is 2. The van der Waals surface area contributed by atoms with E-state index < -0.39 is 32.8 Å². The van der Waals surface area contributed by atoms with E-state index in [4.69, 9.17) is 19.0 Å². The van der Waals surface area contributed by atoms with Crippen LogP contribution in [0.3, 0.4) is 0 Å². The summed E-state index contributed by atoms with van der Waals surface area (Å²) >= 11 is 0. The zero-order valence-electron chi connectivity index (χ0n) is 21.0. The average molecular weight is 556 g/mol. The van der Waals surface area contributed by atoms with E-state index in [0.29, 0.717) is 17.9 Å². The van der Waals surface area contributed by atoms with Crippen LogP contribution >= 0.6 is 0 Å². The molecule has 2 aromatic carbocycles. The van der Waals surface area contributed by atoms with Gasteiger partial charge in [-0.15, -0.1) is 0 Å². The Morgan fingerprint density at radius 1 is 1.13 bits per heavy atom. The molecular formula is C26H28F3NO7S. The van der Waals surface area contributed by atoms with Crippen molar-refractivity contribution >= 4 is 20.8 Å². The van der Waals surface area contributed by atoms with E-state index in [1.807, 2.05) is 0 Å². The number of aliphatic hydroxyl groups excluding tert-OH is 1. The molecule has 0 aliphatic carbocycles. The number of benzene rings is 2. The second-order valence-electron chi connectivity index (χ2n) is 9.45. The van der Waals surface area contributed by atoms with Crippen molar-refractivity contribution < 1.29 is 40.6 Å². The van der Waals surface area contributed by atoms with Crippen molar-refractivity contribution in [3.05, 3.63) is 57.9 Å². The second kappa shape index (κ2) is 10.6. The molecule has 2 aliphatic heterocycles. The molecule has 1 N–H and O–H groups in total. The lowest BCUT2D eigenvalue weighted by Crippen LogP contribution is -2.41. The molecule has 1 aromatic heterocycles. The molecule has 1 unspecified atom stereocenters. The van der Waals surface area contributed by atoms with Gasteiger partial charge in [-0.3, -0.25) is 9.69 Å². The number of aliphatic hydroxyl groups is 1. The Balaban J connectivity index is 0.000000786. The molecule has 2 aliphatic rings. The molecule has 1 fully saturated rings. The number of sulfone groups is 1. The van der Waals surface area contributed by atoms with Gasteiger partial charge >= 0.3 is 6.18 Å². The molecule has 3 aromatic rings. The molecule has 12 heteroatoms. The van der Waals surface area contributed by atoms with E-state index in [-0.39, 0.29) is 59.0 Å². The van der Waals surface area contributed by atoms with Gasteiger partial charge in [-0.25, -0.2) is 8.42 Å². The molecule has 0 spiro atoms. The van der Waals surface area contributed by atoms with Crippen molar-refractivity contribution in [2.24, 2.45) is 0 Å². The first-order valence-corrected chi connectivity index (χ1v) is 13.7. The zero-order valence-corrected chi connectivity index (χ0v) is 21.9. The van der Waals surface area contributed by atoms with Crippen LogP contribution in [-0.2, 0) is 22.6 Å². The summed E-state index contributed by atoms with van der Waals surface area (Å²) < 4.78 is 82.1. The normalized spacial score (nSPS) is 19.0. The highest BCUT2D eigenvalue weighted by Crippen LogP contribution is 2.41. The maximum atomic E-state index is 14.1. The molecule has 206 valence electrons. The predicted octanol–water partition coefficient (Wildman–Crippen LogP) is 4.21. The van der Waals surface area contributed by atoms with Crippen molar-refractivity contribution in [3.8, 4) is 22.6 Å². The zero-order chi connectivity index (χ0) is 27.8. The summed E-state index contributed by atoms with van der Waals surface area (Å²) in [6.45, 7) is 3.65. The Morgan fingerprint density at radius 3 is 2.34 bits per heavy atom. The molecule has 8 nitrogen and oxygen atoms in total. The van der Waals surface area contributed by atoms with Gasteiger partial charge in [0.1, 0.15) is 23.8 Å². The Hall–Kier alpha value is -3.09. The average Bonchev–Trinajstić information content (AvgIpc) is 3.22. The monoisotopic (exact) mass is 555 g/mol. The van der Waals surface area contributed by atoms with E-state index in [2.05, 4.69) is 0 Å². The summed E-state index contributed by atoms with van der Waals surface area (Å²) in [6, 6.07) is 8.28. The maximum absolute atomic E-state index is 14.1. The number of rotatable bonds is 3. The van der Waals surface area contributed by atoms with Gasteiger partial charge in [0, 0.05) is 18.7 Å². The van der Waals surface area contributed by atoms with E-state index in [1.54, 1.807) is 18.7 Å². The number of methoxy groups -OCH3 is 1. The van der Waals surface area contributed by atoms with Crippen LogP contribution in [-0.4, -0.2) is 55.9 Å². The number of halogens is 3. The van der Waals surface area contributed by atoms with Gasteiger partial charge < -0.3 is 19.0 Å². The number of fused-ring (bicyclic) bond motifs is 3. The van der Waals surface area contributed by atoms with Crippen LogP contribution in [0.15, 0.2) is 45.6 Å². The minimum absolute atomic E-state index is 0.0120. The lowest BCUT2D eigenvalue weighted by molar-refractivity contribution is -0.152. The summed E-state index contributed by atoms with van der Waals surface area (Å²) in [4.78, 5) is 15.1. The number of alkyl halides is 3. The van der Waals surface area contributed by atoms with Crippen molar-refractivity contribution in [2.45, 2.75) is 45.1 Å². The first kappa shape index (κ1) is 27.9. The summed E-state index contributed by atoms with van der Waals surface area (Å²) in [7, 11) is -1.74. The van der Waals surface area contributed by atoms with Crippen molar-refractivity contribution in [1.29, 1.82) is 0 Å². The Bertz CT molecular complexity index is 1480. The highest BCUT2D eigenvalue weighted by Gasteiger charge is 2.41. The summed E-state index contributed by atoms with van der Waals surface area (Å²) in [5, 5.41) is 8.04. The van der Waals surface area contributed by atoms with Gasteiger partial charge in [-0.05, 0) is 50.1 Å². The van der Waals surface area contributed by atoms with E-state index in [9.17, 15) is 26.4 Å². The maximum Gasteiger partial charge on any atom is 0.450 e. The van der Waals surface area contributed by atoms with Crippen molar-refractivity contribution in [1.82, 2.24) is 4.90 Å². The van der Waals surface area contributed by atoms with Gasteiger partial charge in [0.15, 0.2) is 9.84 Å². The van der Waals surface area contributed by atoms with Crippen molar-refractivity contribution in [2.75, 3.05) is 25.3 Å². The molecule has 1 atom stereocenters. The van der Waals surface area contributed by atoms with Gasteiger partial charge in [0.05, 0.1) is 35.1 Å². The first-order valence-electron chi connectivity index (χ1n) is 11.9.